The summed E-state index contributed by atoms with van der Waals surface area (Å²) in [4.78, 5) is 22.1. The zero-order valence-electron chi connectivity index (χ0n) is 12.1. The quantitative estimate of drug-likeness (QED) is 0.574. The van der Waals surface area contributed by atoms with Crippen molar-refractivity contribution >= 4 is 22.8 Å². The SMILES string of the molecule is CCCCCCCC(O)CC(=O)SCCNC(C)=O. The van der Waals surface area contributed by atoms with Gasteiger partial charge in [-0.2, -0.15) is 0 Å². The predicted molar refractivity (Wildman–Crippen MR) is 80.1 cm³/mol. The summed E-state index contributed by atoms with van der Waals surface area (Å²) in [5.74, 6) is 0.488. The number of carbonyl (C=O) groups excluding carboxylic acids is 2. The molecular formula is C14H27NO3S. The molecule has 1 atom stereocenters. The van der Waals surface area contributed by atoms with Gasteiger partial charge in [-0.1, -0.05) is 50.8 Å². The summed E-state index contributed by atoms with van der Waals surface area (Å²) in [5.41, 5.74) is 0. The van der Waals surface area contributed by atoms with Crippen molar-refractivity contribution in [1.82, 2.24) is 5.32 Å². The second-order valence-electron chi connectivity index (χ2n) is 4.76. The minimum absolute atomic E-state index is 0.00594. The van der Waals surface area contributed by atoms with Gasteiger partial charge in [0, 0.05) is 25.6 Å². The monoisotopic (exact) mass is 289 g/mol. The highest BCUT2D eigenvalue weighted by Gasteiger charge is 2.10. The molecule has 0 aromatic carbocycles. The van der Waals surface area contributed by atoms with Gasteiger partial charge in [0.25, 0.3) is 0 Å². The highest BCUT2D eigenvalue weighted by atomic mass is 32.2. The van der Waals surface area contributed by atoms with E-state index in [9.17, 15) is 14.7 Å². The molecule has 2 N–H and O–H groups in total. The maximum atomic E-state index is 11.5. The van der Waals surface area contributed by atoms with Crippen LogP contribution in [0.4, 0.5) is 0 Å². The lowest BCUT2D eigenvalue weighted by atomic mass is 10.1. The Hall–Kier alpha value is -0.550. The van der Waals surface area contributed by atoms with Crippen LogP contribution in [0, 0.1) is 0 Å². The number of unbranched alkanes of at least 4 members (excludes halogenated alkanes) is 4. The van der Waals surface area contributed by atoms with Crippen molar-refractivity contribution in [2.24, 2.45) is 0 Å². The summed E-state index contributed by atoms with van der Waals surface area (Å²) in [6.45, 7) is 4.12. The van der Waals surface area contributed by atoms with Gasteiger partial charge in [0.2, 0.25) is 5.91 Å². The van der Waals surface area contributed by atoms with Gasteiger partial charge >= 0.3 is 0 Å². The number of aliphatic hydroxyl groups is 1. The third kappa shape index (κ3) is 13.7. The van der Waals surface area contributed by atoms with Gasteiger partial charge in [-0.3, -0.25) is 9.59 Å². The van der Waals surface area contributed by atoms with Gasteiger partial charge in [-0.25, -0.2) is 0 Å². The van der Waals surface area contributed by atoms with Gasteiger partial charge < -0.3 is 10.4 Å². The number of aliphatic hydroxyl groups excluding tert-OH is 1. The largest absolute Gasteiger partial charge is 0.393 e. The number of hydrogen-bond acceptors (Lipinski definition) is 4. The standard InChI is InChI=1S/C14H27NO3S/c1-3-4-5-6-7-8-13(17)11-14(18)19-10-9-15-12(2)16/h13,17H,3-11H2,1-2H3,(H,15,16). The molecule has 1 unspecified atom stereocenters. The van der Waals surface area contributed by atoms with Crippen molar-refractivity contribution in [3.63, 3.8) is 0 Å². The molecule has 0 aliphatic carbocycles. The van der Waals surface area contributed by atoms with Crippen LogP contribution in [0.2, 0.25) is 0 Å². The van der Waals surface area contributed by atoms with E-state index in [2.05, 4.69) is 12.2 Å². The minimum atomic E-state index is -0.512. The Bertz CT molecular complexity index is 259. The average Bonchev–Trinajstić information content (AvgIpc) is 2.34. The van der Waals surface area contributed by atoms with Crippen LogP contribution in [0.3, 0.4) is 0 Å². The number of amides is 1. The second kappa shape index (κ2) is 12.5. The molecular weight excluding hydrogens is 262 g/mol. The Kier molecular flexibility index (Phi) is 12.1. The first kappa shape index (κ1) is 18.4. The molecule has 0 saturated carbocycles. The van der Waals surface area contributed by atoms with Crippen LogP contribution >= 0.6 is 11.8 Å². The van der Waals surface area contributed by atoms with Gasteiger partial charge in [0.15, 0.2) is 5.12 Å². The third-order valence-corrected chi connectivity index (χ3v) is 3.68. The molecule has 0 bridgehead atoms. The van der Waals surface area contributed by atoms with E-state index < -0.39 is 6.10 Å². The van der Waals surface area contributed by atoms with E-state index in [-0.39, 0.29) is 17.4 Å². The Morgan fingerprint density at radius 3 is 2.53 bits per heavy atom. The molecule has 1 amide bonds. The molecule has 0 aliphatic heterocycles. The number of rotatable bonds is 11. The molecule has 0 rings (SSSR count). The normalized spacial score (nSPS) is 12.2. The Balaban J connectivity index is 3.44. The summed E-state index contributed by atoms with van der Waals surface area (Å²) in [5, 5.41) is 12.4. The molecule has 19 heavy (non-hydrogen) atoms. The fraction of sp³-hybridized carbons (Fsp3) is 0.857. The van der Waals surface area contributed by atoms with Gasteiger partial charge in [-0.15, -0.1) is 0 Å². The Morgan fingerprint density at radius 1 is 1.21 bits per heavy atom. The molecule has 0 aliphatic rings. The Morgan fingerprint density at radius 2 is 1.89 bits per heavy atom. The summed E-state index contributed by atoms with van der Waals surface area (Å²) in [7, 11) is 0. The van der Waals surface area contributed by atoms with Crippen LogP contribution in [-0.2, 0) is 9.59 Å². The van der Waals surface area contributed by atoms with Gasteiger partial charge in [0.1, 0.15) is 0 Å². The van der Waals surface area contributed by atoms with Gasteiger partial charge in [-0.05, 0) is 6.42 Å². The van der Waals surface area contributed by atoms with E-state index in [1.165, 1.54) is 37.9 Å². The number of nitrogens with one attached hydrogen (secondary N) is 1. The molecule has 0 heterocycles. The van der Waals surface area contributed by atoms with Crippen LogP contribution in [0.5, 0.6) is 0 Å². The topological polar surface area (TPSA) is 66.4 Å². The average molecular weight is 289 g/mol. The van der Waals surface area contributed by atoms with Crippen LogP contribution < -0.4 is 5.32 Å². The molecule has 112 valence electrons. The smallest absolute Gasteiger partial charge is 0.216 e. The van der Waals surface area contributed by atoms with E-state index in [4.69, 9.17) is 0 Å². The highest BCUT2D eigenvalue weighted by molar-refractivity contribution is 8.13. The third-order valence-electron chi connectivity index (χ3n) is 2.78. The molecule has 4 nitrogen and oxygen atoms in total. The molecule has 0 aromatic heterocycles. The van der Waals surface area contributed by atoms with Crippen molar-refractivity contribution in [3.8, 4) is 0 Å². The van der Waals surface area contributed by atoms with E-state index in [0.29, 0.717) is 18.7 Å². The van der Waals surface area contributed by atoms with Crippen molar-refractivity contribution in [2.45, 2.75) is 64.9 Å². The van der Waals surface area contributed by atoms with E-state index >= 15 is 0 Å². The lowest BCUT2D eigenvalue weighted by Gasteiger charge is -2.09. The van der Waals surface area contributed by atoms with Crippen molar-refractivity contribution in [2.75, 3.05) is 12.3 Å². The zero-order valence-corrected chi connectivity index (χ0v) is 12.9. The molecule has 0 fully saturated rings. The number of thioether (sulfide) groups is 1. The van der Waals surface area contributed by atoms with Crippen molar-refractivity contribution < 1.29 is 14.7 Å². The van der Waals surface area contributed by atoms with Crippen molar-refractivity contribution in [1.29, 1.82) is 0 Å². The van der Waals surface area contributed by atoms with Crippen LogP contribution in [0.25, 0.3) is 0 Å². The van der Waals surface area contributed by atoms with Crippen molar-refractivity contribution in [3.05, 3.63) is 0 Å². The van der Waals surface area contributed by atoms with Crippen LogP contribution in [0.1, 0.15) is 58.8 Å². The lowest BCUT2D eigenvalue weighted by Crippen LogP contribution is -2.23. The minimum Gasteiger partial charge on any atom is -0.393 e. The first-order chi connectivity index (χ1) is 9.06. The summed E-state index contributed by atoms with van der Waals surface area (Å²) < 4.78 is 0. The summed E-state index contributed by atoms with van der Waals surface area (Å²) >= 11 is 1.18. The highest BCUT2D eigenvalue weighted by Crippen LogP contribution is 2.13. The molecule has 0 aromatic rings. The maximum Gasteiger partial charge on any atom is 0.216 e. The van der Waals surface area contributed by atoms with Crippen LogP contribution in [0.15, 0.2) is 0 Å². The summed E-state index contributed by atoms with van der Waals surface area (Å²) in [6.07, 6.45) is 6.21. The second-order valence-corrected chi connectivity index (χ2v) is 5.92. The summed E-state index contributed by atoms with van der Waals surface area (Å²) in [6, 6.07) is 0. The molecule has 0 radical (unpaired) electrons. The molecule has 0 spiro atoms. The zero-order chi connectivity index (χ0) is 14.5. The first-order valence-electron chi connectivity index (χ1n) is 7.14. The van der Waals surface area contributed by atoms with Gasteiger partial charge in [0.05, 0.1) is 6.10 Å². The van der Waals surface area contributed by atoms with E-state index in [1.54, 1.807) is 0 Å². The molecule has 5 heteroatoms. The van der Waals surface area contributed by atoms with E-state index in [1.807, 2.05) is 0 Å². The number of carbonyl (C=O) groups is 2. The first-order valence-corrected chi connectivity index (χ1v) is 8.13. The predicted octanol–water partition coefficient (Wildman–Crippen LogP) is 2.49. The maximum absolute atomic E-state index is 11.5. The van der Waals surface area contributed by atoms with E-state index in [0.717, 1.165) is 12.8 Å². The Labute approximate surface area is 120 Å². The number of hydrogen-bond donors (Lipinski definition) is 2. The fourth-order valence-electron chi connectivity index (χ4n) is 1.73. The lowest BCUT2D eigenvalue weighted by molar-refractivity contribution is -0.119. The van der Waals surface area contributed by atoms with Crippen LogP contribution in [-0.4, -0.2) is 34.5 Å². The fourth-order valence-corrected chi connectivity index (χ4v) is 2.47. The molecule has 0 saturated heterocycles.